The molecule has 0 bridgehead atoms. The topological polar surface area (TPSA) is 56.8 Å². The quantitative estimate of drug-likeness (QED) is 0.647. The van der Waals surface area contributed by atoms with Crippen LogP contribution >= 0.6 is 0 Å². The Balaban J connectivity index is 1.89. The highest BCUT2D eigenvalue weighted by Crippen LogP contribution is 2.23. The number of halogens is 1. The number of hydrogen-bond acceptors (Lipinski definition) is 5. The maximum atomic E-state index is 13.7. The van der Waals surface area contributed by atoms with Crippen molar-refractivity contribution in [3.05, 3.63) is 40.9 Å². The second-order valence-corrected chi connectivity index (χ2v) is 5.11. The van der Waals surface area contributed by atoms with E-state index in [1.807, 2.05) is 13.8 Å². The van der Waals surface area contributed by atoms with E-state index in [9.17, 15) is 9.18 Å². The van der Waals surface area contributed by atoms with Crippen molar-refractivity contribution >= 4 is 5.97 Å². The molecule has 0 saturated carbocycles. The van der Waals surface area contributed by atoms with Crippen LogP contribution in [-0.4, -0.2) is 25.7 Å². The van der Waals surface area contributed by atoms with Gasteiger partial charge in [-0.25, -0.2) is 9.18 Å². The Morgan fingerprint density at radius 2 is 2.23 bits per heavy atom. The first kappa shape index (κ1) is 16.3. The smallest absolute Gasteiger partial charge is 0.337 e. The summed E-state index contributed by atoms with van der Waals surface area (Å²) in [7, 11) is 1.28. The van der Waals surface area contributed by atoms with Crippen LogP contribution in [0.2, 0.25) is 0 Å². The molecule has 1 unspecified atom stereocenters. The number of carbonyl (C=O) groups excluding carboxylic acids is 1. The Morgan fingerprint density at radius 1 is 1.45 bits per heavy atom. The second kappa shape index (κ2) is 7.26. The summed E-state index contributed by atoms with van der Waals surface area (Å²) in [6.45, 7) is 4.28. The minimum Gasteiger partial charge on any atom is -0.490 e. The van der Waals surface area contributed by atoms with E-state index in [4.69, 9.17) is 9.57 Å². The van der Waals surface area contributed by atoms with E-state index in [1.54, 1.807) is 0 Å². The number of rotatable bonds is 6. The van der Waals surface area contributed by atoms with Crippen LogP contribution < -0.4 is 10.2 Å². The molecule has 1 aliphatic rings. The normalized spacial score (nSPS) is 17.4. The van der Waals surface area contributed by atoms with Gasteiger partial charge in [0.1, 0.15) is 5.76 Å². The summed E-state index contributed by atoms with van der Waals surface area (Å²) < 4.78 is 23.7. The van der Waals surface area contributed by atoms with Gasteiger partial charge in [-0.1, -0.05) is 0 Å². The molecule has 1 N–H and O–H groups in total. The second-order valence-electron chi connectivity index (χ2n) is 5.11. The number of benzene rings is 1. The van der Waals surface area contributed by atoms with Gasteiger partial charge >= 0.3 is 5.97 Å². The molecule has 0 saturated heterocycles. The fourth-order valence-corrected chi connectivity index (χ4v) is 2.31. The molecule has 1 aromatic carbocycles. The lowest BCUT2D eigenvalue weighted by Crippen LogP contribution is -2.19. The molecular weight excluding hydrogens is 289 g/mol. The van der Waals surface area contributed by atoms with E-state index in [-0.39, 0.29) is 17.4 Å². The van der Waals surface area contributed by atoms with Crippen molar-refractivity contribution in [1.82, 2.24) is 5.48 Å². The summed E-state index contributed by atoms with van der Waals surface area (Å²) in [6.07, 6.45) is 1.53. The molecule has 1 heterocycles. The Morgan fingerprint density at radius 3 is 2.86 bits per heavy atom. The summed E-state index contributed by atoms with van der Waals surface area (Å²) in [5.74, 6) is -0.0790. The first-order valence-corrected chi connectivity index (χ1v) is 7.15. The largest absolute Gasteiger partial charge is 0.490 e. The fraction of sp³-hybridized carbons (Fsp3) is 0.438. The summed E-state index contributed by atoms with van der Waals surface area (Å²) in [4.78, 5) is 16.7. The van der Waals surface area contributed by atoms with Gasteiger partial charge in [-0.2, -0.15) is 5.48 Å². The number of allylic oxidation sites excluding steroid dienone is 1. The van der Waals surface area contributed by atoms with E-state index >= 15 is 0 Å². The van der Waals surface area contributed by atoms with Crippen molar-refractivity contribution in [3.63, 3.8) is 0 Å². The molecule has 120 valence electrons. The molecule has 1 aliphatic heterocycles. The van der Waals surface area contributed by atoms with E-state index in [1.165, 1.54) is 30.9 Å². The van der Waals surface area contributed by atoms with Gasteiger partial charge in [-0.05, 0) is 50.5 Å². The number of ether oxygens (including phenoxy) is 2. The number of hydrogen-bond donors (Lipinski definition) is 1. The van der Waals surface area contributed by atoms with Crippen molar-refractivity contribution in [2.24, 2.45) is 0 Å². The number of nitrogens with one attached hydrogen (secondary N) is 1. The van der Waals surface area contributed by atoms with Crippen molar-refractivity contribution in [1.29, 1.82) is 0 Å². The third-order valence-electron chi connectivity index (χ3n) is 3.56. The Kier molecular flexibility index (Phi) is 5.38. The van der Waals surface area contributed by atoms with Crippen LogP contribution in [0, 0.1) is 5.82 Å². The molecule has 1 aromatic rings. The zero-order valence-electron chi connectivity index (χ0n) is 12.9. The summed E-state index contributed by atoms with van der Waals surface area (Å²) in [5.41, 5.74) is 4.34. The van der Waals surface area contributed by atoms with Crippen molar-refractivity contribution in [2.45, 2.75) is 32.7 Å². The molecule has 2 rings (SSSR count). The van der Waals surface area contributed by atoms with E-state index in [2.05, 4.69) is 10.2 Å². The standard InChI is InChI=1S/C16H20FNO4/c1-10-13(11(2)22-18-10)5-4-8-21-15-9-12(16(19)20-3)6-7-14(15)17/h6-7,9-10,18H,4-5,8H2,1-3H3. The molecule has 22 heavy (non-hydrogen) atoms. The van der Waals surface area contributed by atoms with Gasteiger partial charge in [-0.15, -0.1) is 0 Å². The summed E-state index contributed by atoms with van der Waals surface area (Å²) in [5, 5.41) is 0. The molecular formula is C16H20FNO4. The van der Waals surface area contributed by atoms with Crippen LogP contribution in [0.5, 0.6) is 5.75 Å². The zero-order valence-corrected chi connectivity index (χ0v) is 12.9. The van der Waals surface area contributed by atoms with Crippen LogP contribution in [0.1, 0.15) is 37.0 Å². The van der Waals surface area contributed by atoms with Gasteiger partial charge in [0, 0.05) is 0 Å². The number of hydroxylamine groups is 1. The van der Waals surface area contributed by atoms with Gasteiger partial charge in [0.05, 0.1) is 25.3 Å². The average molecular weight is 309 g/mol. The maximum Gasteiger partial charge on any atom is 0.337 e. The lowest BCUT2D eigenvalue weighted by molar-refractivity contribution is 0.0600. The van der Waals surface area contributed by atoms with Crippen LogP contribution in [0.25, 0.3) is 0 Å². The zero-order chi connectivity index (χ0) is 16.1. The molecule has 5 nitrogen and oxygen atoms in total. The molecule has 0 fully saturated rings. The fourth-order valence-electron chi connectivity index (χ4n) is 2.31. The summed E-state index contributed by atoms with van der Waals surface area (Å²) >= 11 is 0. The minimum atomic E-state index is -0.520. The van der Waals surface area contributed by atoms with Crippen molar-refractivity contribution < 1.29 is 23.5 Å². The lowest BCUT2D eigenvalue weighted by Gasteiger charge is -2.10. The predicted molar refractivity (Wildman–Crippen MR) is 78.9 cm³/mol. The van der Waals surface area contributed by atoms with Crippen LogP contribution in [0.3, 0.4) is 0 Å². The number of methoxy groups -OCH3 is 1. The van der Waals surface area contributed by atoms with Gasteiger partial charge in [0.2, 0.25) is 0 Å². The first-order valence-electron chi connectivity index (χ1n) is 7.15. The molecule has 1 atom stereocenters. The van der Waals surface area contributed by atoms with Crippen molar-refractivity contribution in [3.8, 4) is 5.75 Å². The third-order valence-corrected chi connectivity index (χ3v) is 3.56. The lowest BCUT2D eigenvalue weighted by atomic mass is 10.0. The molecule has 0 spiro atoms. The molecule has 0 radical (unpaired) electrons. The monoisotopic (exact) mass is 309 g/mol. The summed E-state index contributed by atoms with van der Waals surface area (Å²) in [6, 6.07) is 4.10. The van der Waals surface area contributed by atoms with Gasteiger partial charge in [-0.3, -0.25) is 0 Å². The van der Waals surface area contributed by atoms with Crippen LogP contribution in [0.4, 0.5) is 4.39 Å². The van der Waals surface area contributed by atoms with E-state index < -0.39 is 11.8 Å². The van der Waals surface area contributed by atoms with Gasteiger partial charge in [0.15, 0.2) is 11.6 Å². The molecule has 0 amide bonds. The number of esters is 1. The SMILES string of the molecule is COC(=O)c1ccc(F)c(OCCCC2=C(C)ONC2C)c1. The Labute approximate surface area is 129 Å². The average Bonchev–Trinajstić information content (AvgIpc) is 2.83. The Bertz CT molecular complexity index is 586. The van der Waals surface area contributed by atoms with E-state index in [0.29, 0.717) is 6.61 Å². The molecule has 0 aliphatic carbocycles. The molecule has 0 aromatic heterocycles. The minimum absolute atomic E-state index is 0.0578. The highest BCUT2D eigenvalue weighted by molar-refractivity contribution is 5.89. The highest BCUT2D eigenvalue weighted by Gasteiger charge is 2.20. The predicted octanol–water partition coefficient (Wildman–Crippen LogP) is 2.97. The first-order chi connectivity index (χ1) is 10.5. The van der Waals surface area contributed by atoms with Gasteiger partial charge in [0.25, 0.3) is 0 Å². The van der Waals surface area contributed by atoms with Crippen LogP contribution in [-0.2, 0) is 9.57 Å². The Hall–Kier alpha value is -2.08. The van der Waals surface area contributed by atoms with E-state index in [0.717, 1.165) is 18.6 Å². The van der Waals surface area contributed by atoms with Crippen LogP contribution in [0.15, 0.2) is 29.5 Å². The van der Waals surface area contributed by atoms with Gasteiger partial charge < -0.3 is 14.3 Å². The third kappa shape index (κ3) is 3.76. The maximum absolute atomic E-state index is 13.7. The number of carbonyl (C=O) groups is 1. The molecule has 6 heteroatoms. The van der Waals surface area contributed by atoms with Crippen molar-refractivity contribution in [2.75, 3.05) is 13.7 Å². The highest BCUT2D eigenvalue weighted by atomic mass is 19.1.